The van der Waals surface area contributed by atoms with Crippen LogP contribution in [0.2, 0.25) is 0 Å². The van der Waals surface area contributed by atoms with E-state index in [1.807, 2.05) is 0 Å². The minimum atomic E-state index is 0.597. The number of hydrogen-bond acceptors (Lipinski definition) is 3. The van der Waals surface area contributed by atoms with Crippen molar-refractivity contribution >= 4 is 32.4 Å². The Hall–Kier alpha value is -0.870. The van der Waals surface area contributed by atoms with Gasteiger partial charge < -0.3 is 5.73 Å². The van der Waals surface area contributed by atoms with Gasteiger partial charge in [0.2, 0.25) is 0 Å². The molecule has 0 unspecified atom stereocenters. The van der Waals surface area contributed by atoms with E-state index in [2.05, 4.69) is 53.0 Å². The Bertz CT molecular complexity index is 485. The molecule has 0 spiro atoms. The lowest BCUT2D eigenvalue weighted by atomic mass is 10.0. The number of halogens is 1. The van der Waals surface area contributed by atoms with Gasteiger partial charge in [-0.2, -0.15) is 0 Å². The second-order valence-corrected chi connectivity index (χ2v) is 5.79. The molecule has 1 aromatic carbocycles. The zero-order chi connectivity index (χ0) is 11.0. The quantitative estimate of drug-likeness (QED) is 0.865. The minimum absolute atomic E-state index is 0.597. The summed E-state index contributed by atoms with van der Waals surface area (Å²) in [7, 11) is 0. The van der Waals surface area contributed by atoms with Crippen molar-refractivity contribution < 1.29 is 0 Å². The number of aromatic nitrogens is 1. The van der Waals surface area contributed by atoms with Crippen molar-refractivity contribution in [2.75, 3.05) is 5.73 Å². The number of nitrogen functional groups attached to an aromatic ring is 1. The Morgan fingerprint density at radius 3 is 2.33 bits per heavy atom. The second kappa shape index (κ2) is 3.94. The molecule has 2 rings (SSSR count). The van der Waals surface area contributed by atoms with Gasteiger partial charge in [0, 0.05) is 5.56 Å². The second-order valence-electron chi connectivity index (χ2n) is 3.44. The molecule has 2 aromatic rings. The van der Waals surface area contributed by atoms with Crippen LogP contribution in [-0.2, 0) is 0 Å². The summed E-state index contributed by atoms with van der Waals surface area (Å²) < 4.78 is 0.998. The molecule has 0 aliphatic carbocycles. The Morgan fingerprint density at radius 1 is 1.27 bits per heavy atom. The average Bonchev–Trinajstić information content (AvgIpc) is 2.45. The predicted molar refractivity (Wildman–Crippen MR) is 69.1 cm³/mol. The molecule has 0 atom stereocenters. The Kier molecular flexibility index (Phi) is 2.80. The molecule has 0 fully saturated rings. The summed E-state index contributed by atoms with van der Waals surface area (Å²) >= 11 is 4.96. The largest absolute Gasteiger partial charge is 0.375 e. The van der Waals surface area contributed by atoms with Gasteiger partial charge in [0.1, 0.15) is 0 Å². The Labute approximate surface area is 101 Å². The highest BCUT2D eigenvalue weighted by Crippen LogP contribution is 2.37. The molecule has 4 heteroatoms. The highest BCUT2D eigenvalue weighted by Gasteiger charge is 2.13. The monoisotopic (exact) mass is 282 g/mol. The van der Waals surface area contributed by atoms with E-state index in [1.165, 1.54) is 28.0 Å². The van der Waals surface area contributed by atoms with Crippen LogP contribution >= 0.6 is 27.3 Å². The zero-order valence-electron chi connectivity index (χ0n) is 8.54. The Balaban J connectivity index is 2.68. The van der Waals surface area contributed by atoms with Crippen LogP contribution in [0.5, 0.6) is 0 Å². The fraction of sp³-hybridized carbons (Fsp3) is 0.182. The van der Waals surface area contributed by atoms with Gasteiger partial charge in [0.25, 0.3) is 0 Å². The molecule has 0 radical (unpaired) electrons. The number of aryl methyl sites for hydroxylation is 2. The van der Waals surface area contributed by atoms with E-state index < -0.39 is 0 Å². The van der Waals surface area contributed by atoms with Crippen molar-refractivity contribution in [2.45, 2.75) is 13.8 Å². The summed E-state index contributed by atoms with van der Waals surface area (Å²) in [5.74, 6) is 0. The number of thiazole rings is 1. The summed E-state index contributed by atoms with van der Waals surface area (Å²) in [5, 5.41) is 0.597. The van der Waals surface area contributed by atoms with Gasteiger partial charge in [-0.05, 0) is 40.9 Å². The summed E-state index contributed by atoms with van der Waals surface area (Å²) in [6, 6.07) is 6.23. The third-order valence-corrected chi connectivity index (χ3v) is 3.85. The van der Waals surface area contributed by atoms with Crippen molar-refractivity contribution in [1.29, 1.82) is 0 Å². The molecule has 2 N–H and O–H groups in total. The summed E-state index contributed by atoms with van der Waals surface area (Å²) in [6.07, 6.45) is 0. The van der Waals surface area contributed by atoms with Crippen molar-refractivity contribution in [3.63, 3.8) is 0 Å². The van der Waals surface area contributed by atoms with E-state index >= 15 is 0 Å². The number of anilines is 1. The van der Waals surface area contributed by atoms with Gasteiger partial charge in [-0.1, -0.05) is 29.5 Å². The molecule has 1 heterocycles. The van der Waals surface area contributed by atoms with Crippen LogP contribution in [0.25, 0.3) is 11.3 Å². The van der Waals surface area contributed by atoms with Crippen LogP contribution < -0.4 is 5.73 Å². The van der Waals surface area contributed by atoms with E-state index in [0.717, 1.165) is 9.48 Å². The lowest BCUT2D eigenvalue weighted by molar-refractivity contribution is 1.32. The molecular weight excluding hydrogens is 272 g/mol. The topological polar surface area (TPSA) is 38.9 Å². The summed E-state index contributed by atoms with van der Waals surface area (Å²) in [4.78, 5) is 4.35. The van der Waals surface area contributed by atoms with E-state index in [9.17, 15) is 0 Å². The first-order valence-electron chi connectivity index (χ1n) is 4.58. The number of nitrogens with zero attached hydrogens (tertiary/aromatic N) is 1. The molecule has 0 amide bonds. The molecule has 78 valence electrons. The SMILES string of the molecule is Cc1cccc(C)c1-c1nc(N)sc1Br. The maximum Gasteiger partial charge on any atom is 0.181 e. The highest BCUT2D eigenvalue weighted by molar-refractivity contribution is 9.11. The van der Waals surface area contributed by atoms with E-state index in [4.69, 9.17) is 5.73 Å². The molecule has 0 aliphatic rings. The molecule has 0 bridgehead atoms. The van der Waals surface area contributed by atoms with Crippen LogP contribution in [0, 0.1) is 13.8 Å². The molecule has 0 aliphatic heterocycles. The number of hydrogen-bond donors (Lipinski definition) is 1. The van der Waals surface area contributed by atoms with Crippen LogP contribution in [0.15, 0.2) is 22.0 Å². The standard InChI is InChI=1S/C11H11BrN2S/c1-6-4-3-5-7(2)8(6)9-10(12)15-11(13)14-9/h3-5H,1-2H3,(H2,13,14). The highest BCUT2D eigenvalue weighted by atomic mass is 79.9. The van der Waals surface area contributed by atoms with Gasteiger partial charge in [-0.3, -0.25) is 0 Å². The first kappa shape index (κ1) is 10.6. The molecule has 1 aromatic heterocycles. The molecular formula is C11H11BrN2S. The first-order valence-corrected chi connectivity index (χ1v) is 6.19. The number of nitrogens with two attached hydrogens (primary N) is 1. The van der Waals surface area contributed by atoms with Crippen LogP contribution in [-0.4, -0.2) is 4.98 Å². The zero-order valence-corrected chi connectivity index (χ0v) is 10.9. The van der Waals surface area contributed by atoms with Gasteiger partial charge in [0.15, 0.2) is 5.13 Å². The van der Waals surface area contributed by atoms with Crippen LogP contribution in [0.3, 0.4) is 0 Å². The molecule has 15 heavy (non-hydrogen) atoms. The number of rotatable bonds is 1. The fourth-order valence-electron chi connectivity index (χ4n) is 1.66. The van der Waals surface area contributed by atoms with Gasteiger partial charge in [-0.15, -0.1) is 0 Å². The van der Waals surface area contributed by atoms with Gasteiger partial charge >= 0.3 is 0 Å². The van der Waals surface area contributed by atoms with E-state index in [1.54, 1.807) is 0 Å². The Morgan fingerprint density at radius 2 is 1.87 bits per heavy atom. The maximum absolute atomic E-state index is 5.69. The first-order chi connectivity index (χ1) is 7.09. The average molecular weight is 283 g/mol. The lowest BCUT2D eigenvalue weighted by Gasteiger charge is -2.06. The molecule has 0 saturated carbocycles. The van der Waals surface area contributed by atoms with Crippen molar-refractivity contribution in [1.82, 2.24) is 4.98 Å². The van der Waals surface area contributed by atoms with Gasteiger partial charge in [-0.25, -0.2) is 4.98 Å². The number of benzene rings is 1. The minimum Gasteiger partial charge on any atom is -0.375 e. The predicted octanol–water partition coefficient (Wildman–Crippen LogP) is 3.77. The van der Waals surface area contributed by atoms with E-state index in [-0.39, 0.29) is 0 Å². The third-order valence-electron chi connectivity index (χ3n) is 2.32. The van der Waals surface area contributed by atoms with Crippen molar-refractivity contribution in [3.05, 3.63) is 33.1 Å². The molecule has 0 saturated heterocycles. The van der Waals surface area contributed by atoms with Crippen molar-refractivity contribution in [2.24, 2.45) is 0 Å². The van der Waals surface area contributed by atoms with E-state index in [0.29, 0.717) is 5.13 Å². The fourth-order valence-corrected chi connectivity index (χ4v) is 3.01. The normalized spacial score (nSPS) is 10.6. The van der Waals surface area contributed by atoms with Crippen molar-refractivity contribution in [3.8, 4) is 11.3 Å². The van der Waals surface area contributed by atoms with Crippen LogP contribution in [0.1, 0.15) is 11.1 Å². The van der Waals surface area contributed by atoms with Crippen LogP contribution in [0.4, 0.5) is 5.13 Å². The summed E-state index contributed by atoms with van der Waals surface area (Å²) in [6.45, 7) is 4.18. The third kappa shape index (κ3) is 1.92. The smallest absolute Gasteiger partial charge is 0.181 e. The summed E-state index contributed by atoms with van der Waals surface area (Å²) in [5.41, 5.74) is 10.3. The van der Waals surface area contributed by atoms with Gasteiger partial charge in [0.05, 0.1) is 9.48 Å². The maximum atomic E-state index is 5.69. The lowest BCUT2D eigenvalue weighted by Crippen LogP contribution is -1.89. The molecule has 2 nitrogen and oxygen atoms in total.